The molecular formula is C26H41NO. The van der Waals surface area contributed by atoms with E-state index in [9.17, 15) is 5.26 Å². The van der Waals surface area contributed by atoms with Gasteiger partial charge in [0.1, 0.15) is 0 Å². The van der Waals surface area contributed by atoms with E-state index in [4.69, 9.17) is 4.74 Å². The van der Waals surface area contributed by atoms with Crippen LogP contribution in [0.1, 0.15) is 92.9 Å². The van der Waals surface area contributed by atoms with Gasteiger partial charge in [-0.2, -0.15) is 5.26 Å². The zero-order chi connectivity index (χ0) is 20.3. The molecule has 2 nitrogen and oxygen atoms in total. The van der Waals surface area contributed by atoms with E-state index in [2.05, 4.69) is 53.7 Å². The second-order valence-corrected chi connectivity index (χ2v) is 12.0. The van der Waals surface area contributed by atoms with Crippen LogP contribution in [0.4, 0.5) is 0 Å². The van der Waals surface area contributed by atoms with Crippen molar-refractivity contribution in [2.75, 3.05) is 0 Å². The lowest BCUT2D eigenvalue weighted by Gasteiger charge is -2.58. The Hall–Kier alpha value is -0.810. The molecule has 156 valence electrons. The number of rotatable bonds is 2. The molecule has 8 atom stereocenters. The Kier molecular flexibility index (Phi) is 5.02. The fourth-order valence-corrected chi connectivity index (χ4v) is 8.18. The first-order valence-corrected chi connectivity index (χ1v) is 11.9. The Labute approximate surface area is 173 Å². The molecule has 0 amide bonds. The molecule has 0 heterocycles. The maximum absolute atomic E-state index is 9.56. The van der Waals surface area contributed by atoms with Crippen molar-refractivity contribution in [1.29, 1.82) is 5.26 Å². The molecule has 4 rings (SSSR count). The van der Waals surface area contributed by atoms with Gasteiger partial charge in [0.25, 0.3) is 0 Å². The maximum atomic E-state index is 9.56. The van der Waals surface area contributed by atoms with Crippen molar-refractivity contribution in [3.63, 3.8) is 0 Å². The zero-order valence-corrected chi connectivity index (χ0v) is 19.1. The van der Waals surface area contributed by atoms with Gasteiger partial charge in [0.05, 0.1) is 17.8 Å². The highest BCUT2D eigenvalue weighted by Crippen LogP contribution is 2.67. The predicted molar refractivity (Wildman–Crippen MR) is 115 cm³/mol. The predicted octanol–water partition coefficient (Wildman–Crippen LogP) is 6.91. The van der Waals surface area contributed by atoms with Gasteiger partial charge in [-0.05, 0) is 114 Å². The first-order valence-electron chi connectivity index (χ1n) is 11.9. The first-order chi connectivity index (χ1) is 13.1. The highest BCUT2D eigenvalue weighted by atomic mass is 16.5. The van der Waals surface area contributed by atoms with Gasteiger partial charge >= 0.3 is 0 Å². The van der Waals surface area contributed by atoms with Crippen LogP contribution in [-0.2, 0) is 4.74 Å². The molecule has 0 N–H and O–H groups in total. The first kappa shape index (κ1) is 20.5. The molecule has 4 aliphatic carbocycles. The molecule has 2 heteroatoms. The van der Waals surface area contributed by atoms with Crippen molar-refractivity contribution in [3.8, 4) is 6.07 Å². The minimum atomic E-state index is -0.0425. The summed E-state index contributed by atoms with van der Waals surface area (Å²) in [6.07, 6.45) is 13.3. The normalized spacial score (nSPS) is 46.6. The van der Waals surface area contributed by atoms with E-state index in [1.54, 1.807) is 5.57 Å². The minimum absolute atomic E-state index is 0.0425. The fourth-order valence-electron chi connectivity index (χ4n) is 8.18. The maximum Gasteiger partial charge on any atom is 0.0656 e. The Morgan fingerprint density at radius 1 is 1.11 bits per heavy atom. The topological polar surface area (TPSA) is 33.0 Å². The summed E-state index contributed by atoms with van der Waals surface area (Å²) in [6, 6.07) is 2.59. The highest BCUT2D eigenvalue weighted by Gasteiger charge is 2.59. The Bertz CT molecular complexity index is 682. The van der Waals surface area contributed by atoms with Crippen molar-refractivity contribution < 1.29 is 4.74 Å². The van der Waals surface area contributed by atoms with Crippen molar-refractivity contribution >= 4 is 0 Å². The summed E-state index contributed by atoms with van der Waals surface area (Å²) in [5, 5.41) is 9.56. The Morgan fingerprint density at radius 2 is 1.86 bits per heavy atom. The number of ether oxygens (including phenoxy) is 1. The lowest BCUT2D eigenvalue weighted by Crippen LogP contribution is -2.51. The molecule has 4 aliphatic rings. The van der Waals surface area contributed by atoms with Gasteiger partial charge in [0, 0.05) is 5.92 Å². The fraction of sp³-hybridized carbons (Fsp3) is 0.885. The molecule has 0 aromatic heterocycles. The molecule has 0 aromatic carbocycles. The second-order valence-electron chi connectivity index (χ2n) is 12.0. The number of allylic oxidation sites excluding steroid dienone is 1. The van der Waals surface area contributed by atoms with Crippen LogP contribution < -0.4 is 0 Å². The summed E-state index contributed by atoms with van der Waals surface area (Å²) in [5.41, 5.74) is 2.45. The van der Waals surface area contributed by atoms with Crippen molar-refractivity contribution in [3.05, 3.63) is 11.6 Å². The molecule has 3 saturated carbocycles. The molecule has 0 saturated heterocycles. The van der Waals surface area contributed by atoms with E-state index in [0.29, 0.717) is 22.9 Å². The van der Waals surface area contributed by atoms with Crippen LogP contribution in [0.3, 0.4) is 0 Å². The van der Waals surface area contributed by atoms with Crippen LogP contribution in [0, 0.1) is 51.8 Å². The van der Waals surface area contributed by atoms with Gasteiger partial charge in [-0.3, -0.25) is 0 Å². The average Bonchev–Trinajstić information content (AvgIpc) is 2.97. The van der Waals surface area contributed by atoms with Crippen LogP contribution in [0.25, 0.3) is 0 Å². The molecule has 0 aromatic rings. The minimum Gasteiger partial charge on any atom is -0.372 e. The Balaban J connectivity index is 1.56. The van der Waals surface area contributed by atoms with E-state index in [1.807, 2.05) is 0 Å². The van der Waals surface area contributed by atoms with Gasteiger partial charge in [-0.15, -0.1) is 0 Å². The molecular weight excluding hydrogens is 342 g/mol. The van der Waals surface area contributed by atoms with Crippen LogP contribution in [0.2, 0.25) is 0 Å². The molecule has 0 bridgehead atoms. The summed E-state index contributed by atoms with van der Waals surface area (Å²) >= 11 is 0. The lowest BCUT2D eigenvalue weighted by atomic mass is 9.47. The number of hydrogen-bond acceptors (Lipinski definition) is 2. The van der Waals surface area contributed by atoms with Crippen LogP contribution in [-0.4, -0.2) is 11.7 Å². The lowest BCUT2D eigenvalue weighted by molar-refractivity contribution is -0.0947. The van der Waals surface area contributed by atoms with Gasteiger partial charge in [0.15, 0.2) is 0 Å². The molecule has 28 heavy (non-hydrogen) atoms. The van der Waals surface area contributed by atoms with E-state index in [-0.39, 0.29) is 11.5 Å². The third-order valence-corrected chi connectivity index (χ3v) is 9.46. The molecule has 0 spiro atoms. The standard InChI is InChI=1S/C26H41NO/c1-17(16-27)21-9-10-22-20-8-7-18-15-19(28-24(2,3)4)11-13-25(18,5)23(20)12-14-26(21,22)6/h7,17,19-23H,8-15H2,1-6H3. The van der Waals surface area contributed by atoms with Gasteiger partial charge in [0.2, 0.25) is 0 Å². The van der Waals surface area contributed by atoms with Gasteiger partial charge in [-0.25, -0.2) is 0 Å². The molecule has 0 aliphatic heterocycles. The number of hydrogen-bond donors (Lipinski definition) is 0. The third kappa shape index (κ3) is 3.17. The van der Waals surface area contributed by atoms with E-state index >= 15 is 0 Å². The van der Waals surface area contributed by atoms with Crippen LogP contribution in [0.15, 0.2) is 11.6 Å². The van der Waals surface area contributed by atoms with Crippen LogP contribution >= 0.6 is 0 Å². The number of nitriles is 1. The van der Waals surface area contributed by atoms with E-state index in [1.165, 1.54) is 44.9 Å². The zero-order valence-electron chi connectivity index (χ0n) is 19.1. The van der Waals surface area contributed by atoms with Gasteiger partial charge < -0.3 is 4.74 Å². The van der Waals surface area contributed by atoms with Gasteiger partial charge in [-0.1, -0.05) is 25.5 Å². The SMILES string of the molecule is CC(C#N)C1CCC2C3CC=C4CC(OC(C)(C)C)CCC4(C)C3CCC12C. The quantitative estimate of drug-likeness (QED) is 0.485. The van der Waals surface area contributed by atoms with Crippen LogP contribution in [0.5, 0.6) is 0 Å². The summed E-state index contributed by atoms with van der Waals surface area (Å²) in [6.45, 7) is 13.8. The Morgan fingerprint density at radius 3 is 2.54 bits per heavy atom. The summed E-state index contributed by atoms with van der Waals surface area (Å²) in [7, 11) is 0. The smallest absolute Gasteiger partial charge is 0.0656 e. The van der Waals surface area contributed by atoms with E-state index in [0.717, 1.165) is 24.2 Å². The van der Waals surface area contributed by atoms with Crippen molar-refractivity contribution in [1.82, 2.24) is 0 Å². The highest BCUT2D eigenvalue weighted by molar-refractivity contribution is 5.25. The van der Waals surface area contributed by atoms with Crippen molar-refractivity contribution in [2.24, 2.45) is 40.4 Å². The molecule has 3 fully saturated rings. The van der Waals surface area contributed by atoms with E-state index < -0.39 is 0 Å². The van der Waals surface area contributed by atoms with Crippen molar-refractivity contribution in [2.45, 2.75) is 105 Å². The summed E-state index contributed by atoms with van der Waals surface area (Å²) in [4.78, 5) is 0. The number of nitrogens with zero attached hydrogens (tertiary/aromatic N) is 1. The number of fused-ring (bicyclic) bond motifs is 5. The summed E-state index contributed by atoms with van der Waals surface area (Å²) in [5.74, 6) is 3.32. The molecule has 0 radical (unpaired) electrons. The third-order valence-electron chi connectivity index (χ3n) is 9.46. The second kappa shape index (κ2) is 6.87. The molecule has 8 unspecified atom stereocenters. The monoisotopic (exact) mass is 383 g/mol. The average molecular weight is 384 g/mol. The largest absolute Gasteiger partial charge is 0.372 e. The summed E-state index contributed by atoms with van der Waals surface area (Å²) < 4.78 is 6.38.